The van der Waals surface area contributed by atoms with Gasteiger partial charge in [-0.3, -0.25) is 9.78 Å². The number of aromatic nitrogens is 1. The molecule has 6 nitrogen and oxygen atoms in total. The Morgan fingerprint density at radius 3 is 1.80 bits per heavy atom. The first-order chi connectivity index (χ1) is 18.9. The van der Waals surface area contributed by atoms with Crippen molar-refractivity contribution in [2.24, 2.45) is 0 Å². The monoisotopic (exact) mass is 541 g/mol. The second-order valence-electron chi connectivity index (χ2n) is 10.8. The van der Waals surface area contributed by atoms with Gasteiger partial charge in [-0.05, 0) is 93.6 Å². The van der Waals surface area contributed by atoms with Gasteiger partial charge in [0, 0.05) is 17.0 Å². The van der Waals surface area contributed by atoms with E-state index in [1.54, 1.807) is 27.9 Å². The number of carbonyl (C=O) groups is 1. The van der Waals surface area contributed by atoms with E-state index in [4.69, 9.17) is 19.6 Å². The molecule has 0 aliphatic rings. The van der Waals surface area contributed by atoms with E-state index in [9.17, 15) is 9.90 Å². The van der Waals surface area contributed by atoms with Crippen LogP contribution < -0.4 is 9.47 Å². The van der Waals surface area contributed by atoms with Crippen LogP contribution in [0.2, 0.25) is 0 Å². The number of ether oxygens (including phenoxy) is 2. The summed E-state index contributed by atoms with van der Waals surface area (Å²) in [5.41, 5.74) is 7.85. The van der Waals surface area contributed by atoms with Crippen molar-refractivity contribution in [1.82, 2.24) is 4.98 Å². The van der Waals surface area contributed by atoms with Crippen LogP contribution in [0.5, 0.6) is 11.5 Å². The molecule has 3 aromatic carbocycles. The van der Waals surface area contributed by atoms with Gasteiger partial charge in [0.25, 0.3) is 0 Å². The zero-order valence-corrected chi connectivity index (χ0v) is 24.4. The molecule has 210 valence electrons. The quantitative estimate of drug-likeness (QED) is 0.243. The second-order valence-corrected chi connectivity index (χ2v) is 10.8. The average Bonchev–Trinajstić information content (AvgIpc) is 2.89. The van der Waals surface area contributed by atoms with E-state index in [-0.39, 0.29) is 6.42 Å². The minimum absolute atomic E-state index is 0.0849. The van der Waals surface area contributed by atoms with Crippen LogP contribution in [-0.2, 0) is 17.8 Å². The first kappa shape index (κ1) is 30.4. The van der Waals surface area contributed by atoms with Gasteiger partial charge in [0.15, 0.2) is 0 Å². The number of hydrogen-bond acceptors (Lipinski definition) is 5. The summed E-state index contributed by atoms with van der Waals surface area (Å²) in [6.45, 7) is 11.6. The summed E-state index contributed by atoms with van der Waals surface area (Å²) >= 11 is 0. The zero-order valence-electron chi connectivity index (χ0n) is 24.4. The summed E-state index contributed by atoms with van der Waals surface area (Å²) in [5, 5.41) is 18.1. The molecule has 0 unspecified atom stereocenters. The third kappa shape index (κ3) is 8.68. The standard InChI is InChI=1S/C30H29NO4.C4H10O/c1-19-5-9-24(10-6-19)30-27(17-28(32)33)20(2)31-21(3)29(30)23-11-15-26(16-12-23)35-18-22-7-13-25(34-4)14-8-22;1-4(2,3)5/h5-16H,17-18H2,1-4H3,(H,32,33);5H,1-3H3. The van der Waals surface area contributed by atoms with Crippen molar-refractivity contribution >= 4 is 5.97 Å². The molecule has 0 fully saturated rings. The van der Waals surface area contributed by atoms with E-state index < -0.39 is 11.6 Å². The number of nitrogens with zero attached hydrogens (tertiary/aromatic N) is 1. The van der Waals surface area contributed by atoms with E-state index in [1.807, 2.05) is 93.6 Å². The topological polar surface area (TPSA) is 88.9 Å². The predicted molar refractivity (Wildman–Crippen MR) is 160 cm³/mol. The Bertz CT molecular complexity index is 1410. The highest BCUT2D eigenvalue weighted by Crippen LogP contribution is 2.39. The molecule has 0 atom stereocenters. The minimum Gasteiger partial charge on any atom is -0.497 e. The molecule has 6 heteroatoms. The molecule has 2 N–H and O–H groups in total. The Morgan fingerprint density at radius 2 is 1.27 bits per heavy atom. The van der Waals surface area contributed by atoms with Gasteiger partial charge in [-0.15, -0.1) is 0 Å². The fourth-order valence-corrected chi connectivity index (χ4v) is 4.25. The molecule has 0 aliphatic heterocycles. The number of carboxylic acids is 1. The number of pyridine rings is 1. The third-order valence-electron chi connectivity index (χ3n) is 6.06. The largest absolute Gasteiger partial charge is 0.497 e. The Kier molecular flexibility index (Phi) is 10.1. The average molecular weight is 542 g/mol. The van der Waals surface area contributed by atoms with Gasteiger partial charge >= 0.3 is 5.97 Å². The molecule has 0 radical (unpaired) electrons. The molecule has 4 rings (SSSR count). The molecule has 0 bridgehead atoms. The van der Waals surface area contributed by atoms with Crippen molar-refractivity contribution in [3.63, 3.8) is 0 Å². The molecular formula is C34H39NO5. The Labute approximate surface area is 237 Å². The molecule has 40 heavy (non-hydrogen) atoms. The van der Waals surface area contributed by atoms with Crippen molar-refractivity contribution in [2.75, 3.05) is 7.11 Å². The van der Waals surface area contributed by atoms with Crippen LogP contribution in [-0.4, -0.2) is 33.9 Å². The van der Waals surface area contributed by atoms with Crippen LogP contribution in [0, 0.1) is 20.8 Å². The maximum absolute atomic E-state index is 11.7. The van der Waals surface area contributed by atoms with E-state index >= 15 is 0 Å². The van der Waals surface area contributed by atoms with Gasteiger partial charge < -0.3 is 19.7 Å². The summed E-state index contributed by atoms with van der Waals surface area (Å²) in [6, 6.07) is 23.9. The first-order valence-electron chi connectivity index (χ1n) is 13.2. The highest BCUT2D eigenvalue weighted by Gasteiger charge is 2.20. The molecule has 4 aromatic rings. The number of aliphatic hydroxyl groups is 1. The smallest absolute Gasteiger partial charge is 0.307 e. The van der Waals surface area contributed by atoms with Crippen LogP contribution >= 0.6 is 0 Å². The molecule has 0 saturated heterocycles. The number of aryl methyl sites for hydroxylation is 3. The zero-order chi connectivity index (χ0) is 29.4. The fourth-order valence-electron chi connectivity index (χ4n) is 4.25. The summed E-state index contributed by atoms with van der Waals surface area (Å²) in [5.74, 6) is 0.692. The van der Waals surface area contributed by atoms with E-state index in [1.165, 1.54) is 0 Å². The Balaban J connectivity index is 0.000000810. The number of benzene rings is 3. The molecule has 1 aromatic heterocycles. The molecule has 0 spiro atoms. The van der Waals surface area contributed by atoms with E-state index in [2.05, 4.69) is 0 Å². The maximum atomic E-state index is 11.7. The lowest BCUT2D eigenvalue weighted by atomic mass is 9.87. The number of aliphatic carboxylic acids is 1. The Hall–Kier alpha value is -4.16. The fraction of sp³-hybridized carbons (Fsp3) is 0.294. The van der Waals surface area contributed by atoms with Crippen molar-refractivity contribution < 1.29 is 24.5 Å². The van der Waals surface area contributed by atoms with Crippen LogP contribution in [0.4, 0.5) is 0 Å². The maximum Gasteiger partial charge on any atom is 0.307 e. The van der Waals surface area contributed by atoms with E-state index in [0.717, 1.165) is 61.8 Å². The molecule has 0 amide bonds. The highest BCUT2D eigenvalue weighted by atomic mass is 16.5. The van der Waals surface area contributed by atoms with Crippen molar-refractivity contribution in [3.05, 3.63) is 101 Å². The first-order valence-corrected chi connectivity index (χ1v) is 13.2. The van der Waals surface area contributed by atoms with Gasteiger partial charge in [-0.25, -0.2) is 0 Å². The summed E-state index contributed by atoms with van der Waals surface area (Å²) in [7, 11) is 1.65. The molecular weight excluding hydrogens is 502 g/mol. The van der Waals surface area contributed by atoms with Gasteiger partial charge in [0.2, 0.25) is 0 Å². The van der Waals surface area contributed by atoms with E-state index in [0.29, 0.717) is 6.61 Å². The van der Waals surface area contributed by atoms with Gasteiger partial charge in [-0.1, -0.05) is 54.1 Å². The third-order valence-corrected chi connectivity index (χ3v) is 6.06. The van der Waals surface area contributed by atoms with Crippen LogP contribution in [0.25, 0.3) is 22.3 Å². The predicted octanol–water partition coefficient (Wildman–Crippen LogP) is 7.33. The lowest BCUT2D eigenvalue weighted by Gasteiger charge is -2.19. The number of carboxylic acid groups (broad SMARTS) is 1. The highest BCUT2D eigenvalue weighted by molar-refractivity contribution is 5.89. The molecule has 1 heterocycles. The minimum atomic E-state index is -0.875. The van der Waals surface area contributed by atoms with Gasteiger partial charge in [0.05, 0.1) is 19.1 Å². The van der Waals surface area contributed by atoms with Gasteiger partial charge in [0.1, 0.15) is 18.1 Å². The summed E-state index contributed by atoms with van der Waals surface area (Å²) < 4.78 is 11.2. The van der Waals surface area contributed by atoms with Gasteiger partial charge in [-0.2, -0.15) is 0 Å². The van der Waals surface area contributed by atoms with Crippen LogP contribution in [0.3, 0.4) is 0 Å². The SMILES string of the molecule is CC(C)(C)O.COc1ccc(COc2ccc(-c3c(C)nc(C)c(CC(=O)O)c3-c3ccc(C)cc3)cc2)cc1. The lowest BCUT2D eigenvalue weighted by molar-refractivity contribution is -0.136. The molecule has 0 saturated carbocycles. The summed E-state index contributed by atoms with van der Waals surface area (Å²) in [4.78, 5) is 16.4. The number of methoxy groups -OCH3 is 1. The molecule has 0 aliphatic carbocycles. The van der Waals surface area contributed by atoms with Crippen LogP contribution in [0.15, 0.2) is 72.8 Å². The second kappa shape index (κ2) is 13.3. The van der Waals surface area contributed by atoms with Crippen LogP contribution in [0.1, 0.15) is 48.8 Å². The summed E-state index contributed by atoms with van der Waals surface area (Å²) in [6.07, 6.45) is -0.0849. The van der Waals surface area contributed by atoms with Crippen molar-refractivity contribution in [2.45, 2.75) is 60.2 Å². The number of rotatable bonds is 8. The Morgan fingerprint density at radius 1 is 0.775 bits per heavy atom. The number of hydrogen-bond donors (Lipinski definition) is 2. The lowest BCUT2D eigenvalue weighted by Crippen LogP contribution is -2.10. The van der Waals surface area contributed by atoms with Crippen molar-refractivity contribution in [3.8, 4) is 33.8 Å². The van der Waals surface area contributed by atoms with Crippen molar-refractivity contribution in [1.29, 1.82) is 0 Å². The normalized spacial score (nSPS) is 10.9.